The molecular formula is C33H47N5O11. The van der Waals surface area contributed by atoms with E-state index in [0.29, 0.717) is 33.0 Å². The van der Waals surface area contributed by atoms with Crippen LogP contribution in [-0.2, 0) is 33.3 Å². The molecule has 270 valence electrons. The van der Waals surface area contributed by atoms with Crippen molar-refractivity contribution >= 4 is 35.6 Å². The number of hydrogen-bond acceptors (Lipinski definition) is 12. The lowest BCUT2D eigenvalue weighted by atomic mass is 10.0. The zero-order valence-electron chi connectivity index (χ0n) is 28.4. The molecule has 1 aromatic carbocycles. The molecule has 0 spiro atoms. The highest BCUT2D eigenvalue weighted by atomic mass is 16.6. The monoisotopic (exact) mass is 689 g/mol. The Kier molecular flexibility index (Phi) is 13.9. The van der Waals surface area contributed by atoms with Crippen LogP contribution in [0.5, 0.6) is 5.75 Å². The van der Waals surface area contributed by atoms with Crippen molar-refractivity contribution in [3.05, 3.63) is 29.3 Å². The van der Waals surface area contributed by atoms with E-state index in [-0.39, 0.29) is 55.0 Å². The minimum atomic E-state index is -1.09. The van der Waals surface area contributed by atoms with Crippen molar-refractivity contribution < 1.29 is 52.5 Å². The van der Waals surface area contributed by atoms with Gasteiger partial charge in [0.2, 0.25) is 11.8 Å². The van der Waals surface area contributed by atoms with Crippen molar-refractivity contribution in [3.8, 4) is 5.75 Å². The summed E-state index contributed by atoms with van der Waals surface area (Å²) in [4.78, 5) is 77.2. The highest BCUT2D eigenvalue weighted by Gasteiger charge is 2.46. The largest absolute Gasteiger partial charge is 0.483 e. The van der Waals surface area contributed by atoms with E-state index in [2.05, 4.69) is 20.9 Å². The van der Waals surface area contributed by atoms with Crippen LogP contribution in [-0.4, -0.2) is 136 Å². The lowest BCUT2D eigenvalue weighted by Gasteiger charge is -2.32. The molecular weight excluding hydrogens is 642 g/mol. The summed E-state index contributed by atoms with van der Waals surface area (Å²) in [5.41, 5.74) is -0.463. The Balaban J connectivity index is 0.992. The van der Waals surface area contributed by atoms with Gasteiger partial charge in [0.05, 0.1) is 50.8 Å². The molecule has 6 amide bonds. The minimum Gasteiger partial charge on any atom is -0.483 e. The van der Waals surface area contributed by atoms with Crippen LogP contribution in [0.2, 0.25) is 0 Å². The first-order valence-corrected chi connectivity index (χ1v) is 16.6. The fraction of sp³-hybridized carbons (Fsp3) is 0.636. The van der Waals surface area contributed by atoms with E-state index in [1.165, 1.54) is 18.2 Å². The fourth-order valence-electron chi connectivity index (χ4n) is 5.57. The zero-order valence-corrected chi connectivity index (χ0v) is 28.4. The molecule has 16 heteroatoms. The van der Waals surface area contributed by atoms with Crippen LogP contribution in [0.1, 0.15) is 67.2 Å². The Morgan fingerprint density at radius 3 is 2.24 bits per heavy atom. The number of imide groups is 2. The Labute approximate surface area is 285 Å². The van der Waals surface area contributed by atoms with Gasteiger partial charge in [0.15, 0.2) is 6.61 Å². The first-order chi connectivity index (χ1) is 23.4. The van der Waals surface area contributed by atoms with E-state index >= 15 is 0 Å². The first-order valence-electron chi connectivity index (χ1n) is 16.6. The highest BCUT2D eigenvalue weighted by Crippen LogP contribution is 2.33. The van der Waals surface area contributed by atoms with Crippen molar-refractivity contribution in [1.29, 1.82) is 0 Å². The number of amides is 6. The second-order valence-corrected chi connectivity index (χ2v) is 12.9. The molecule has 0 bridgehead atoms. The van der Waals surface area contributed by atoms with Crippen LogP contribution >= 0.6 is 0 Å². The number of ether oxygens (including phenoxy) is 5. The third-order valence-electron chi connectivity index (χ3n) is 7.96. The van der Waals surface area contributed by atoms with Crippen LogP contribution in [0.4, 0.5) is 4.79 Å². The summed E-state index contributed by atoms with van der Waals surface area (Å²) in [5.74, 6) is -2.93. The molecule has 3 N–H and O–H groups in total. The number of benzene rings is 1. The zero-order chi connectivity index (χ0) is 35.4. The summed E-state index contributed by atoms with van der Waals surface area (Å²) in [7, 11) is 0. The Bertz CT molecular complexity index is 1360. The van der Waals surface area contributed by atoms with Gasteiger partial charge in [-0.2, -0.15) is 0 Å². The molecule has 1 aromatic rings. The number of alkyl carbamates (subject to hydrolysis) is 1. The summed E-state index contributed by atoms with van der Waals surface area (Å²) in [6.07, 6.45) is 1.42. The number of hydrogen-bond donors (Lipinski definition) is 3. The number of fused-ring (bicyclic) bond motifs is 1. The predicted octanol–water partition coefficient (Wildman–Crippen LogP) is 0.622. The van der Waals surface area contributed by atoms with Gasteiger partial charge in [0.1, 0.15) is 17.4 Å². The lowest BCUT2D eigenvalue weighted by Crippen LogP contribution is -2.54. The molecule has 0 aromatic heterocycles. The van der Waals surface area contributed by atoms with Gasteiger partial charge in [-0.25, -0.2) is 4.79 Å². The molecule has 2 fully saturated rings. The van der Waals surface area contributed by atoms with Crippen LogP contribution in [0.15, 0.2) is 18.2 Å². The van der Waals surface area contributed by atoms with Gasteiger partial charge < -0.3 is 39.2 Å². The second kappa shape index (κ2) is 18.0. The van der Waals surface area contributed by atoms with Crippen molar-refractivity contribution in [3.63, 3.8) is 0 Å². The van der Waals surface area contributed by atoms with E-state index in [1.54, 1.807) is 0 Å². The smallest absolute Gasteiger partial charge is 0.407 e. The standard InChI is InChI=1S/C33H47N5O11/c1-33(2,3)49-32(44)35-22-9-12-37(13-10-22)14-16-46-18-20-47-19-17-45-15-11-34-27(40)21-48-25-6-4-5-23-28(25)31(43)38(30(23)42)24-7-8-26(39)36-29(24)41/h4-6,22,24H,7-21H2,1-3H3,(H,34,40)(H,35,44)(H,36,39,41). The van der Waals surface area contributed by atoms with Crippen molar-refractivity contribution in [2.75, 3.05) is 72.4 Å². The molecule has 16 nitrogen and oxygen atoms in total. The molecule has 2 saturated heterocycles. The molecule has 1 unspecified atom stereocenters. The van der Waals surface area contributed by atoms with E-state index in [4.69, 9.17) is 23.7 Å². The quantitative estimate of drug-likeness (QED) is 0.153. The summed E-state index contributed by atoms with van der Waals surface area (Å²) in [5, 5.41) is 7.75. The predicted molar refractivity (Wildman–Crippen MR) is 173 cm³/mol. The lowest BCUT2D eigenvalue weighted by molar-refractivity contribution is -0.136. The minimum absolute atomic E-state index is 0.0143. The van der Waals surface area contributed by atoms with Gasteiger partial charge in [-0.15, -0.1) is 0 Å². The number of carbonyl (C=O) groups excluding carboxylic acids is 6. The van der Waals surface area contributed by atoms with E-state index in [1.807, 2.05) is 20.8 Å². The van der Waals surface area contributed by atoms with Gasteiger partial charge in [0, 0.05) is 38.6 Å². The van der Waals surface area contributed by atoms with E-state index in [0.717, 1.165) is 37.4 Å². The normalized spacial score (nSPS) is 18.7. The molecule has 0 saturated carbocycles. The molecule has 1 atom stereocenters. The second-order valence-electron chi connectivity index (χ2n) is 12.9. The Morgan fingerprint density at radius 2 is 1.57 bits per heavy atom. The maximum absolute atomic E-state index is 13.1. The van der Waals surface area contributed by atoms with Gasteiger partial charge in [-0.05, 0) is 52.2 Å². The van der Waals surface area contributed by atoms with Crippen LogP contribution in [0.3, 0.4) is 0 Å². The average molecular weight is 690 g/mol. The Hall–Kier alpha value is -4.12. The SMILES string of the molecule is CC(C)(C)OC(=O)NC1CCN(CCOCCOCCOCCNC(=O)COc2cccc3c2C(=O)N(C2CCC(=O)NC2=O)C3=O)CC1. The number of carbonyl (C=O) groups is 6. The van der Waals surface area contributed by atoms with Crippen molar-refractivity contribution in [2.24, 2.45) is 0 Å². The molecule has 3 heterocycles. The van der Waals surface area contributed by atoms with Crippen molar-refractivity contribution in [2.45, 2.75) is 64.1 Å². The fourth-order valence-corrected chi connectivity index (χ4v) is 5.57. The molecule has 3 aliphatic heterocycles. The molecule has 0 radical (unpaired) electrons. The number of likely N-dealkylation sites (tertiary alicyclic amines) is 1. The number of nitrogens with zero attached hydrogens (tertiary/aromatic N) is 2. The maximum Gasteiger partial charge on any atom is 0.407 e. The summed E-state index contributed by atoms with van der Waals surface area (Å²) >= 11 is 0. The molecule has 49 heavy (non-hydrogen) atoms. The van der Waals surface area contributed by atoms with Crippen molar-refractivity contribution in [1.82, 2.24) is 25.8 Å². The van der Waals surface area contributed by atoms with Crippen LogP contribution in [0.25, 0.3) is 0 Å². The van der Waals surface area contributed by atoms with Crippen LogP contribution < -0.4 is 20.7 Å². The topological polar surface area (TPSA) is 191 Å². The third-order valence-corrected chi connectivity index (χ3v) is 7.96. The molecule has 4 rings (SSSR count). The summed E-state index contributed by atoms with van der Waals surface area (Å²) < 4.78 is 27.5. The summed E-state index contributed by atoms with van der Waals surface area (Å²) in [6.45, 7) is 10.4. The van der Waals surface area contributed by atoms with Gasteiger partial charge in [0.25, 0.3) is 17.7 Å². The highest BCUT2D eigenvalue weighted by molar-refractivity contribution is 6.24. The van der Waals surface area contributed by atoms with E-state index < -0.39 is 47.8 Å². The van der Waals surface area contributed by atoms with Gasteiger partial charge in [-0.1, -0.05) is 6.07 Å². The molecule has 3 aliphatic rings. The van der Waals surface area contributed by atoms with Gasteiger partial charge in [-0.3, -0.25) is 34.2 Å². The first kappa shape index (κ1) is 37.7. The maximum atomic E-state index is 13.1. The average Bonchev–Trinajstić information content (AvgIpc) is 3.30. The Morgan fingerprint density at radius 1 is 0.898 bits per heavy atom. The van der Waals surface area contributed by atoms with Gasteiger partial charge >= 0.3 is 6.09 Å². The number of nitrogens with one attached hydrogen (secondary N) is 3. The van der Waals surface area contributed by atoms with Crippen LogP contribution in [0, 0.1) is 0 Å². The number of piperidine rings is 2. The number of rotatable bonds is 17. The molecule has 0 aliphatic carbocycles. The summed E-state index contributed by atoms with van der Waals surface area (Å²) in [6, 6.07) is 3.47. The van der Waals surface area contributed by atoms with E-state index in [9.17, 15) is 28.8 Å². The third kappa shape index (κ3) is 11.5.